The van der Waals surface area contributed by atoms with E-state index in [0.717, 1.165) is 18.7 Å². The summed E-state index contributed by atoms with van der Waals surface area (Å²) in [5.41, 5.74) is 1.35. The number of carboxylic acid groups (broad SMARTS) is 1. The number of aliphatic hydroxyl groups excluding tert-OH is 1. The highest BCUT2D eigenvalue weighted by Crippen LogP contribution is 2.03. The number of rotatable bonds is 8. The highest BCUT2D eigenvalue weighted by Gasteiger charge is 2.01. The van der Waals surface area contributed by atoms with Crippen LogP contribution in [-0.4, -0.2) is 41.9 Å². The lowest BCUT2D eigenvalue weighted by Gasteiger charge is -2.08. The molecule has 1 atom stereocenters. The zero-order valence-corrected chi connectivity index (χ0v) is 13.0. The van der Waals surface area contributed by atoms with Crippen LogP contribution in [-0.2, 0) is 6.54 Å². The van der Waals surface area contributed by atoms with E-state index < -0.39 is 5.97 Å². The van der Waals surface area contributed by atoms with E-state index >= 15 is 0 Å². The lowest BCUT2D eigenvalue weighted by atomic mass is 10.1. The Bertz CT molecular complexity index is 372. The van der Waals surface area contributed by atoms with Crippen molar-refractivity contribution in [1.82, 2.24) is 10.6 Å². The minimum atomic E-state index is -0.906. The number of aliphatic hydroxyl groups is 1. The third-order valence-electron chi connectivity index (χ3n) is 2.45. The molecule has 7 heteroatoms. The molecule has 0 heterocycles. The van der Waals surface area contributed by atoms with Gasteiger partial charge < -0.3 is 20.8 Å². The number of carbonyl (C=O) groups is 1. The number of aromatic carboxylic acids is 1. The first-order chi connectivity index (χ1) is 8.59. The van der Waals surface area contributed by atoms with E-state index in [0.29, 0.717) is 18.7 Å². The number of hydrogen-bond donors (Lipinski definition) is 4. The Morgan fingerprint density at radius 1 is 1.15 bits per heavy atom. The van der Waals surface area contributed by atoms with Gasteiger partial charge in [0.05, 0.1) is 11.7 Å². The van der Waals surface area contributed by atoms with E-state index in [1.807, 2.05) is 0 Å². The van der Waals surface area contributed by atoms with Crippen LogP contribution in [0, 0.1) is 0 Å². The Kier molecular flexibility index (Phi) is 12.8. The summed E-state index contributed by atoms with van der Waals surface area (Å²) in [5.74, 6) is -0.906. The highest BCUT2D eigenvalue weighted by molar-refractivity contribution is 5.87. The van der Waals surface area contributed by atoms with Gasteiger partial charge in [-0.15, -0.1) is 24.8 Å². The molecule has 1 unspecified atom stereocenters. The van der Waals surface area contributed by atoms with Crippen molar-refractivity contribution in [1.29, 1.82) is 0 Å². The lowest BCUT2D eigenvalue weighted by Crippen LogP contribution is -2.31. The van der Waals surface area contributed by atoms with Crippen LogP contribution in [0.25, 0.3) is 0 Å². The number of benzene rings is 1. The van der Waals surface area contributed by atoms with Crippen molar-refractivity contribution in [3.63, 3.8) is 0 Å². The van der Waals surface area contributed by atoms with Gasteiger partial charge in [-0.2, -0.15) is 0 Å². The standard InChI is InChI=1S/C13H20N2O3.2ClH/c1-10(16)8-14-6-7-15-9-11-2-4-12(5-3-11)13(17)18;;/h2-5,10,14-16H,6-9H2,1H3,(H,17,18);2*1H. The second-order valence-electron chi connectivity index (χ2n) is 4.23. The van der Waals surface area contributed by atoms with Crippen molar-refractivity contribution < 1.29 is 15.0 Å². The number of carboxylic acids is 1. The van der Waals surface area contributed by atoms with Gasteiger partial charge in [-0.3, -0.25) is 0 Å². The zero-order chi connectivity index (χ0) is 13.4. The largest absolute Gasteiger partial charge is 0.478 e. The lowest BCUT2D eigenvalue weighted by molar-refractivity contribution is 0.0697. The minimum absolute atomic E-state index is 0. The molecule has 1 aromatic rings. The molecule has 0 aliphatic carbocycles. The van der Waals surface area contributed by atoms with Crippen molar-refractivity contribution >= 4 is 30.8 Å². The predicted octanol–water partition coefficient (Wildman–Crippen LogP) is 1.29. The molecule has 5 nitrogen and oxygen atoms in total. The van der Waals surface area contributed by atoms with Crippen LogP contribution >= 0.6 is 24.8 Å². The molecule has 0 amide bonds. The third-order valence-corrected chi connectivity index (χ3v) is 2.45. The summed E-state index contributed by atoms with van der Waals surface area (Å²) in [7, 11) is 0. The van der Waals surface area contributed by atoms with Crippen LogP contribution in [0.15, 0.2) is 24.3 Å². The van der Waals surface area contributed by atoms with Gasteiger partial charge in [-0.05, 0) is 24.6 Å². The molecule has 0 saturated carbocycles. The fourth-order valence-electron chi connectivity index (χ4n) is 1.49. The van der Waals surface area contributed by atoms with Crippen molar-refractivity contribution in [2.75, 3.05) is 19.6 Å². The van der Waals surface area contributed by atoms with E-state index in [2.05, 4.69) is 10.6 Å². The summed E-state index contributed by atoms with van der Waals surface area (Å²) in [5, 5.41) is 24.1. The smallest absolute Gasteiger partial charge is 0.335 e. The van der Waals surface area contributed by atoms with E-state index in [1.165, 1.54) is 0 Å². The molecule has 0 bridgehead atoms. The maximum Gasteiger partial charge on any atom is 0.335 e. The molecule has 20 heavy (non-hydrogen) atoms. The van der Waals surface area contributed by atoms with Crippen LogP contribution < -0.4 is 10.6 Å². The third kappa shape index (κ3) is 9.12. The van der Waals surface area contributed by atoms with Gasteiger partial charge >= 0.3 is 5.97 Å². The van der Waals surface area contributed by atoms with E-state index in [-0.39, 0.29) is 30.9 Å². The Morgan fingerprint density at radius 2 is 1.70 bits per heavy atom. The molecule has 0 aromatic heterocycles. The quantitative estimate of drug-likeness (QED) is 0.542. The van der Waals surface area contributed by atoms with Gasteiger partial charge in [0.1, 0.15) is 0 Å². The van der Waals surface area contributed by atoms with Gasteiger partial charge in [-0.1, -0.05) is 12.1 Å². The van der Waals surface area contributed by atoms with Crippen molar-refractivity contribution in [3.8, 4) is 0 Å². The van der Waals surface area contributed by atoms with Crippen molar-refractivity contribution in [2.24, 2.45) is 0 Å². The minimum Gasteiger partial charge on any atom is -0.478 e. The van der Waals surface area contributed by atoms with E-state index in [4.69, 9.17) is 10.2 Å². The molecule has 0 fully saturated rings. The van der Waals surface area contributed by atoms with Crippen LogP contribution in [0.1, 0.15) is 22.8 Å². The second kappa shape index (κ2) is 11.9. The molecule has 4 N–H and O–H groups in total. The first-order valence-electron chi connectivity index (χ1n) is 6.01. The number of hydrogen-bond acceptors (Lipinski definition) is 4. The van der Waals surface area contributed by atoms with Crippen LogP contribution in [0.5, 0.6) is 0 Å². The maximum absolute atomic E-state index is 10.7. The average Bonchev–Trinajstić information content (AvgIpc) is 2.34. The van der Waals surface area contributed by atoms with Gasteiger partial charge in [0, 0.05) is 26.2 Å². The topological polar surface area (TPSA) is 81.6 Å². The van der Waals surface area contributed by atoms with Gasteiger partial charge in [-0.25, -0.2) is 4.79 Å². The summed E-state index contributed by atoms with van der Waals surface area (Å²) in [6, 6.07) is 6.81. The van der Waals surface area contributed by atoms with Crippen LogP contribution in [0.2, 0.25) is 0 Å². The fourth-order valence-corrected chi connectivity index (χ4v) is 1.49. The first kappa shape index (κ1) is 21.4. The molecule has 0 aliphatic heterocycles. The molecule has 0 aliphatic rings. The molecule has 1 aromatic carbocycles. The molecule has 0 radical (unpaired) electrons. The van der Waals surface area contributed by atoms with Gasteiger partial charge in [0.2, 0.25) is 0 Å². The normalized spacial score (nSPS) is 11.1. The number of nitrogens with one attached hydrogen (secondary N) is 2. The van der Waals surface area contributed by atoms with Crippen LogP contribution in [0.3, 0.4) is 0 Å². The Morgan fingerprint density at radius 3 is 2.20 bits per heavy atom. The maximum atomic E-state index is 10.7. The summed E-state index contributed by atoms with van der Waals surface area (Å²) in [6.45, 7) is 4.63. The molecule has 116 valence electrons. The zero-order valence-electron chi connectivity index (χ0n) is 11.3. The Labute approximate surface area is 131 Å². The second-order valence-corrected chi connectivity index (χ2v) is 4.23. The van der Waals surface area contributed by atoms with E-state index in [9.17, 15) is 4.79 Å². The number of halogens is 2. The van der Waals surface area contributed by atoms with Crippen LogP contribution in [0.4, 0.5) is 0 Å². The molecule has 0 spiro atoms. The van der Waals surface area contributed by atoms with Gasteiger partial charge in [0.25, 0.3) is 0 Å². The molecular formula is C13H22Cl2N2O3. The molecule has 0 saturated heterocycles. The summed E-state index contributed by atoms with van der Waals surface area (Å²) in [6.07, 6.45) is -0.325. The first-order valence-corrected chi connectivity index (χ1v) is 6.01. The Balaban J connectivity index is 0. The SMILES string of the molecule is CC(O)CNCCNCc1ccc(C(=O)O)cc1.Cl.Cl. The van der Waals surface area contributed by atoms with E-state index in [1.54, 1.807) is 31.2 Å². The molecule has 1 rings (SSSR count). The summed E-state index contributed by atoms with van der Waals surface area (Å²) >= 11 is 0. The highest BCUT2D eigenvalue weighted by atomic mass is 35.5. The monoisotopic (exact) mass is 324 g/mol. The van der Waals surface area contributed by atoms with Crippen molar-refractivity contribution in [3.05, 3.63) is 35.4 Å². The fraction of sp³-hybridized carbons (Fsp3) is 0.462. The van der Waals surface area contributed by atoms with Crippen molar-refractivity contribution in [2.45, 2.75) is 19.6 Å². The summed E-state index contributed by atoms with van der Waals surface area (Å²) < 4.78 is 0. The van der Waals surface area contributed by atoms with Gasteiger partial charge in [0.15, 0.2) is 0 Å². The predicted molar refractivity (Wildman–Crippen MR) is 84.2 cm³/mol. The molecular weight excluding hydrogens is 303 g/mol. The Hall–Kier alpha value is -0.850. The average molecular weight is 325 g/mol. The summed E-state index contributed by atoms with van der Waals surface area (Å²) in [4.78, 5) is 10.7.